The summed E-state index contributed by atoms with van der Waals surface area (Å²) in [6.07, 6.45) is 12.2. The smallest absolute Gasteiger partial charge is 0.274 e. The Bertz CT molecular complexity index is 2660. The second kappa shape index (κ2) is 16.2. The fourth-order valence-electron chi connectivity index (χ4n) is 11.4. The molecule has 0 unspecified atom stereocenters. The highest BCUT2D eigenvalue weighted by atomic mass is 35.5. The summed E-state index contributed by atoms with van der Waals surface area (Å²) < 4.78 is 14.7. The van der Waals surface area contributed by atoms with Gasteiger partial charge in [-0.25, -0.2) is 9.97 Å². The van der Waals surface area contributed by atoms with Crippen LogP contribution in [0.3, 0.4) is 0 Å². The Hall–Kier alpha value is -5.42. The lowest BCUT2D eigenvalue weighted by molar-refractivity contribution is -0.164. The minimum absolute atomic E-state index is 0.0824. The number of rotatable bonds is 12. The van der Waals surface area contributed by atoms with Crippen molar-refractivity contribution in [3.8, 4) is 28.7 Å². The topological polar surface area (TPSA) is 162 Å². The number of amides is 1. The SMILES string of the molecule is Cn1cc(-c2cc(C(C)(C)O)ccc2OC2CC3(C2)CN(CCC2CCN(c4ncc(C(=O)NC5C(C)(C)C(Oc6ccc(C#N)c(Cl)c6)C5(C)C)cn4)CC2)C3)c2cc[nH]c2c1=O. The number of hydrogen-bond acceptors (Lipinski definition) is 10. The Morgan fingerprint density at radius 2 is 1.72 bits per heavy atom. The number of halogens is 1. The van der Waals surface area contributed by atoms with Crippen molar-refractivity contribution < 1.29 is 19.4 Å². The molecule has 5 aromatic rings. The van der Waals surface area contributed by atoms with Crippen LogP contribution in [0.15, 0.2) is 72.0 Å². The summed E-state index contributed by atoms with van der Waals surface area (Å²) in [4.78, 5) is 43.5. The van der Waals surface area contributed by atoms with Crippen LogP contribution in [0.4, 0.5) is 5.95 Å². The van der Waals surface area contributed by atoms with Crippen LogP contribution in [0.2, 0.25) is 5.02 Å². The molecule has 1 amide bonds. The van der Waals surface area contributed by atoms with Gasteiger partial charge < -0.3 is 39.2 Å². The number of nitrogens with zero attached hydrogens (tertiary/aromatic N) is 6. The van der Waals surface area contributed by atoms with E-state index in [9.17, 15) is 20.0 Å². The van der Waals surface area contributed by atoms with E-state index in [0.29, 0.717) is 44.7 Å². The number of carbonyl (C=O) groups excluding carboxylic acids is 1. The molecule has 1 spiro atoms. The molecule has 2 saturated carbocycles. The van der Waals surface area contributed by atoms with Gasteiger partial charge in [-0.15, -0.1) is 0 Å². The minimum atomic E-state index is -1.03. The van der Waals surface area contributed by atoms with Crippen LogP contribution in [0, 0.1) is 33.5 Å². The van der Waals surface area contributed by atoms with Crippen molar-refractivity contribution in [3.05, 3.63) is 99.3 Å². The molecule has 9 rings (SSSR count). The summed E-state index contributed by atoms with van der Waals surface area (Å²) in [5, 5.41) is 24.5. The Balaban J connectivity index is 0.722. The molecule has 336 valence electrons. The number of likely N-dealkylation sites (tertiary alicyclic amines) is 1. The van der Waals surface area contributed by atoms with Gasteiger partial charge in [0.2, 0.25) is 5.95 Å². The van der Waals surface area contributed by atoms with Crippen LogP contribution in [0.25, 0.3) is 22.0 Å². The van der Waals surface area contributed by atoms with Gasteiger partial charge in [-0.2, -0.15) is 5.26 Å². The normalized spacial score (nSPS) is 21.7. The van der Waals surface area contributed by atoms with Gasteiger partial charge in [-0.1, -0.05) is 45.4 Å². The van der Waals surface area contributed by atoms with E-state index in [0.717, 1.165) is 86.2 Å². The van der Waals surface area contributed by atoms with Gasteiger partial charge in [0.1, 0.15) is 29.2 Å². The van der Waals surface area contributed by atoms with E-state index < -0.39 is 5.60 Å². The van der Waals surface area contributed by atoms with Gasteiger partial charge in [-0.05, 0) is 94.3 Å². The molecule has 64 heavy (non-hydrogen) atoms. The highest BCUT2D eigenvalue weighted by molar-refractivity contribution is 6.31. The van der Waals surface area contributed by atoms with E-state index in [4.69, 9.17) is 21.1 Å². The minimum Gasteiger partial charge on any atom is -0.490 e. The Morgan fingerprint density at radius 1 is 1.02 bits per heavy atom. The highest BCUT2D eigenvalue weighted by Crippen LogP contribution is 2.56. The predicted molar refractivity (Wildman–Crippen MR) is 248 cm³/mol. The largest absolute Gasteiger partial charge is 0.490 e. The third-order valence-corrected chi connectivity index (χ3v) is 15.0. The molecule has 2 aliphatic heterocycles. The first-order valence-electron chi connectivity index (χ1n) is 22.5. The number of nitrogens with one attached hydrogen (secondary N) is 2. The number of carbonyl (C=O) groups is 1. The molecule has 2 aromatic carbocycles. The predicted octanol–water partition coefficient (Wildman–Crippen LogP) is 7.84. The van der Waals surface area contributed by atoms with E-state index in [1.807, 2.05) is 30.5 Å². The number of hydrogen-bond donors (Lipinski definition) is 3. The Kier molecular flexibility index (Phi) is 11.1. The maximum Gasteiger partial charge on any atom is 0.274 e. The van der Waals surface area contributed by atoms with Gasteiger partial charge in [0.05, 0.1) is 27.9 Å². The van der Waals surface area contributed by atoms with Gasteiger partial charge in [-0.3, -0.25) is 9.59 Å². The van der Waals surface area contributed by atoms with Crippen molar-refractivity contribution in [2.24, 2.45) is 29.2 Å². The number of benzene rings is 2. The lowest BCUT2D eigenvalue weighted by atomic mass is 9.49. The van der Waals surface area contributed by atoms with Gasteiger partial charge in [0.25, 0.3) is 11.5 Å². The third kappa shape index (κ3) is 8.02. The van der Waals surface area contributed by atoms with Crippen LogP contribution in [0.1, 0.15) is 95.1 Å². The van der Waals surface area contributed by atoms with Crippen LogP contribution in [0.5, 0.6) is 11.5 Å². The maximum absolute atomic E-state index is 13.5. The molecule has 0 radical (unpaired) electrons. The molecular weight excluding hydrogens is 828 g/mol. The first kappa shape index (κ1) is 43.8. The van der Waals surface area contributed by atoms with Gasteiger partial charge in [0.15, 0.2) is 0 Å². The molecule has 5 heterocycles. The number of ether oxygens (including phenoxy) is 2. The van der Waals surface area contributed by atoms with Crippen molar-refractivity contribution in [2.45, 2.75) is 97.5 Å². The summed E-state index contributed by atoms with van der Waals surface area (Å²) in [5.41, 5.74) is 2.40. The second-order valence-electron chi connectivity index (χ2n) is 20.6. The third-order valence-electron chi connectivity index (χ3n) is 14.7. The zero-order chi connectivity index (χ0) is 45.3. The van der Waals surface area contributed by atoms with Crippen molar-refractivity contribution in [3.63, 3.8) is 0 Å². The molecule has 4 fully saturated rings. The zero-order valence-corrected chi connectivity index (χ0v) is 38.6. The van der Waals surface area contributed by atoms with E-state index >= 15 is 0 Å². The fourth-order valence-corrected chi connectivity index (χ4v) is 11.6. The summed E-state index contributed by atoms with van der Waals surface area (Å²) in [7, 11) is 1.76. The molecule has 0 atom stereocenters. The molecule has 4 aliphatic rings. The van der Waals surface area contributed by atoms with E-state index in [1.54, 1.807) is 62.3 Å². The zero-order valence-electron chi connectivity index (χ0n) is 37.9. The number of aryl methyl sites for hydroxylation is 1. The molecule has 14 heteroatoms. The Labute approximate surface area is 379 Å². The van der Waals surface area contributed by atoms with Crippen molar-refractivity contribution in [1.29, 1.82) is 5.26 Å². The Morgan fingerprint density at radius 3 is 2.38 bits per heavy atom. The quantitative estimate of drug-likeness (QED) is 0.113. The number of fused-ring (bicyclic) bond motifs is 1. The number of H-pyrrole nitrogens is 1. The fraction of sp³-hybridized carbons (Fsp3) is 0.500. The molecule has 2 aliphatic carbocycles. The van der Waals surface area contributed by atoms with Crippen LogP contribution in [-0.2, 0) is 12.6 Å². The van der Waals surface area contributed by atoms with Crippen LogP contribution >= 0.6 is 11.6 Å². The lowest BCUT2D eigenvalue weighted by Gasteiger charge is -2.63. The second-order valence-corrected chi connectivity index (χ2v) is 21.1. The number of aliphatic hydroxyl groups is 1. The van der Waals surface area contributed by atoms with Crippen LogP contribution in [-0.4, -0.2) is 86.4 Å². The van der Waals surface area contributed by atoms with Gasteiger partial charge in [0, 0.05) is 103 Å². The van der Waals surface area contributed by atoms with Crippen LogP contribution < -0.4 is 25.2 Å². The average molecular weight is 888 g/mol. The van der Waals surface area contributed by atoms with Crippen molar-refractivity contribution in [2.75, 3.05) is 37.6 Å². The summed E-state index contributed by atoms with van der Waals surface area (Å²) >= 11 is 6.26. The number of nitriles is 1. The number of aromatic amines is 1. The molecule has 3 N–H and O–H groups in total. The lowest BCUT2D eigenvalue weighted by Crippen LogP contribution is -2.74. The number of pyridine rings is 1. The molecule has 13 nitrogen and oxygen atoms in total. The monoisotopic (exact) mass is 886 g/mol. The summed E-state index contributed by atoms with van der Waals surface area (Å²) in [6.45, 7) is 17.0. The summed E-state index contributed by atoms with van der Waals surface area (Å²) in [6, 6.07) is 14.8. The number of aromatic nitrogens is 4. The van der Waals surface area contributed by atoms with E-state index in [-0.39, 0.29) is 40.5 Å². The first-order valence-corrected chi connectivity index (χ1v) is 22.9. The average Bonchev–Trinajstić information content (AvgIpc) is 3.74. The number of anilines is 1. The highest BCUT2D eigenvalue weighted by Gasteiger charge is 2.64. The van der Waals surface area contributed by atoms with E-state index in [2.05, 4.69) is 63.8 Å². The molecule has 2 saturated heterocycles. The first-order chi connectivity index (χ1) is 30.3. The number of piperidine rings is 1. The molecule has 3 aromatic heterocycles. The van der Waals surface area contributed by atoms with Gasteiger partial charge >= 0.3 is 0 Å². The molecular formula is C50H59ClN8O5. The maximum atomic E-state index is 13.5. The summed E-state index contributed by atoms with van der Waals surface area (Å²) in [5.74, 6) is 2.47. The standard InChI is InChI=1S/C50H59ClN8O5/c1-47(2)44(48(3,4)45(47)64-34-10-8-31(24-52)39(51)21-34)56-42(60)32-25-54-46(55-26-32)59-18-14-30(15-19-59)13-17-58-28-50(29-58)22-35(23-50)63-40-11-9-33(49(5,6)62)20-37(40)38-27-57(7)43(61)41-36(38)12-16-53-41/h8-12,16,20-21,25-27,30,35,44-45,53,62H,13-15,17-19,22-23,28-29H2,1-7H3,(H,56,60). The van der Waals surface area contributed by atoms with E-state index in [1.165, 1.54) is 6.42 Å². The van der Waals surface area contributed by atoms with Crippen molar-refractivity contribution in [1.82, 2.24) is 29.7 Å². The van der Waals surface area contributed by atoms with Crippen molar-refractivity contribution >= 4 is 34.4 Å². The molecule has 0 bridgehead atoms.